The molecule has 0 N–H and O–H groups in total. The number of ketones is 1. The molecular formula is C20H12Cl2O3. The second-order valence-corrected chi connectivity index (χ2v) is 6.45. The predicted molar refractivity (Wildman–Crippen MR) is 98.4 cm³/mol. The highest BCUT2D eigenvalue weighted by Crippen LogP contribution is 2.33. The van der Waals surface area contributed by atoms with Crippen molar-refractivity contribution in [2.45, 2.75) is 0 Å². The lowest BCUT2D eigenvalue weighted by Crippen LogP contribution is -2.18. The predicted octanol–water partition coefficient (Wildman–Crippen LogP) is 5.91. The molecule has 1 aromatic heterocycles. The summed E-state index contributed by atoms with van der Waals surface area (Å²) in [5.74, 6) is 1.69. The Labute approximate surface area is 154 Å². The number of furan rings is 1. The summed E-state index contributed by atoms with van der Waals surface area (Å²) in [6, 6.07) is 16.0. The smallest absolute Gasteiger partial charge is 0.196 e. The molecule has 0 radical (unpaired) electrons. The molecule has 0 saturated carbocycles. The van der Waals surface area contributed by atoms with Crippen LogP contribution in [0.15, 0.2) is 64.6 Å². The van der Waals surface area contributed by atoms with E-state index in [0.717, 1.165) is 0 Å². The first kappa shape index (κ1) is 16.0. The van der Waals surface area contributed by atoms with Crippen molar-refractivity contribution >= 4 is 35.1 Å². The largest absolute Gasteiger partial charge is 0.488 e. The topological polar surface area (TPSA) is 39.4 Å². The van der Waals surface area contributed by atoms with Crippen LogP contribution in [0.25, 0.3) is 17.4 Å². The molecule has 2 heterocycles. The van der Waals surface area contributed by atoms with Crippen LogP contribution in [0.1, 0.15) is 16.1 Å². The molecule has 0 amide bonds. The van der Waals surface area contributed by atoms with E-state index in [-0.39, 0.29) is 12.4 Å². The highest BCUT2D eigenvalue weighted by Gasteiger charge is 2.23. The Morgan fingerprint density at radius 1 is 0.960 bits per heavy atom. The molecule has 1 aliphatic heterocycles. The number of rotatable bonds is 2. The molecule has 5 heteroatoms. The van der Waals surface area contributed by atoms with E-state index < -0.39 is 0 Å². The second kappa shape index (κ2) is 6.43. The minimum Gasteiger partial charge on any atom is -0.488 e. The van der Waals surface area contributed by atoms with Crippen LogP contribution >= 0.6 is 23.2 Å². The Morgan fingerprint density at radius 3 is 2.68 bits per heavy atom. The molecule has 3 aromatic rings. The highest BCUT2D eigenvalue weighted by atomic mass is 35.5. The van der Waals surface area contributed by atoms with Crippen molar-refractivity contribution in [2.24, 2.45) is 0 Å². The molecule has 1 aliphatic rings. The van der Waals surface area contributed by atoms with Crippen molar-refractivity contribution in [3.05, 3.63) is 81.5 Å². The van der Waals surface area contributed by atoms with Gasteiger partial charge in [-0.05, 0) is 48.5 Å². The standard InChI is InChI=1S/C20H12Cl2O3/c21-13-5-7-17(22)16(10-13)19-8-6-14(25-19)9-12-11-24-18-4-2-1-3-15(18)20(12)23/h1-10H,11H2/b12-9+. The maximum Gasteiger partial charge on any atom is 0.196 e. The first-order chi connectivity index (χ1) is 12.1. The molecule has 124 valence electrons. The molecule has 0 spiro atoms. The molecule has 3 nitrogen and oxygen atoms in total. The Balaban J connectivity index is 1.66. The molecule has 0 bridgehead atoms. The number of benzene rings is 2. The molecule has 0 unspecified atom stereocenters. The molecule has 0 atom stereocenters. The fraction of sp³-hybridized carbons (Fsp3) is 0.0500. The van der Waals surface area contributed by atoms with Crippen molar-refractivity contribution in [3.8, 4) is 17.1 Å². The molecular weight excluding hydrogens is 359 g/mol. The lowest BCUT2D eigenvalue weighted by atomic mass is 10.00. The Kier molecular flexibility index (Phi) is 4.12. The van der Waals surface area contributed by atoms with Crippen molar-refractivity contribution in [1.82, 2.24) is 0 Å². The monoisotopic (exact) mass is 370 g/mol. The van der Waals surface area contributed by atoms with Gasteiger partial charge < -0.3 is 9.15 Å². The average molecular weight is 371 g/mol. The van der Waals surface area contributed by atoms with Crippen LogP contribution in [-0.4, -0.2) is 12.4 Å². The number of fused-ring (bicyclic) bond motifs is 1. The summed E-state index contributed by atoms with van der Waals surface area (Å²) in [4.78, 5) is 12.6. The molecule has 0 fully saturated rings. The third-order valence-electron chi connectivity index (χ3n) is 3.94. The van der Waals surface area contributed by atoms with Gasteiger partial charge in [-0.3, -0.25) is 4.79 Å². The summed E-state index contributed by atoms with van der Waals surface area (Å²) in [6.07, 6.45) is 1.69. The summed E-state index contributed by atoms with van der Waals surface area (Å²) >= 11 is 12.2. The van der Waals surface area contributed by atoms with E-state index in [9.17, 15) is 4.79 Å². The first-order valence-corrected chi connectivity index (χ1v) is 8.40. The van der Waals surface area contributed by atoms with Crippen molar-refractivity contribution < 1.29 is 13.9 Å². The second-order valence-electron chi connectivity index (χ2n) is 5.61. The van der Waals surface area contributed by atoms with Crippen LogP contribution in [0.4, 0.5) is 0 Å². The molecule has 4 rings (SSSR count). The van der Waals surface area contributed by atoms with Gasteiger partial charge in [0.05, 0.1) is 10.6 Å². The van der Waals surface area contributed by atoms with E-state index >= 15 is 0 Å². The third-order valence-corrected chi connectivity index (χ3v) is 4.51. The van der Waals surface area contributed by atoms with E-state index in [0.29, 0.717) is 44.0 Å². The number of hydrogen-bond donors (Lipinski definition) is 0. The van der Waals surface area contributed by atoms with Crippen molar-refractivity contribution in [1.29, 1.82) is 0 Å². The number of carbonyl (C=O) groups is 1. The van der Waals surface area contributed by atoms with Crippen LogP contribution in [0.2, 0.25) is 10.0 Å². The highest BCUT2D eigenvalue weighted by molar-refractivity contribution is 6.35. The number of Topliss-reactive ketones (excluding diaryl/α,β-unsaturated/α-hetero) is 1. The van der Waals surface area contributed by atoms with Gasteiger partial charge in [-0.1, -0.05) is 35.3 Å². The van der Waals surface area contributed by atoms with Crippen LogP contribution in [0.3, 0.4) is 0 Å². The number of ether oxygens (including phenoxy) is 1. The van der Waals surface area contributed by atoms with Gasteiger partial charge >= 0.3 is 0 Å². The van der Waals surface area contributed by atoms with Gasteiger partial charge in [0.1, 0.15) is 23.9 Å². The van der Waals surface area contributed by atoms with Crippen LogP contribution in [-0.2, 0) is 0 Å². The zero-order valence-electron chi connectivity index (χ0n) is 13.0. The van der Waals surface area contributed by atoms with Crippen LogP contribution < -0.4 is 4.74 Å². The Bertz CT molecular complexity index is 1000. The molecule has 25 heavy (non-hydrogen) atoms. The molecule has 2 aromatic carbocycles. The van der Waals surface area contributed by atoms with Crippen molar-refractivity contribution in [3.63, 3.8) is 0 Å². The summed E-state index contributed by atoms with van der Waals surface area (Å²) in [6.45, 7) is 0.212. The van der Waals surface area contributed by atoms with Crippen LogP contribution in [0, 0.1) is 0 Å². The van der Waals surface area contributed by atoms with E-state index in [1.807, 2.05) is 12.1 Å². The zero-order valence-corrected chi connectivity index (χ0v) is 14.5. The number of carbonyl (C=O) groups excluding carboxylic acids is 1. The van der Waals surface area contributed by atoms with Crippen LogP contribution in [0.5, 0.6) is 5.75 Å². The minimum atomic E-state index is -0.0550. The quantitative estimate of drug-likeness (QED) is 0.526. The minimum absolute atomic E-state index is 0.0550. The fourth-order valence-electron chi connectivity index (χ4n) is 2.71. The number of halogens is 2. The maximum atomic E-state index is 12.6. The summed E-state index contributed by atoms with van der Waals surface area (Å²) < 4.78 is 11.5. The van der Waals surface area contributed by atoms with Gasteiger partial charge in [0.15, 0.2) is 5.78 Å². The van der Waals surface area contributed by atoms with Gasteiger partial charge in [0, 0.05) is 16.2 Å². The Morgan fingerprint density at radius 2 is 1.80 bits per heavy atom. The third kappa shape index (κ3) is 3.09. The lowest BCUT2D eigenvalue weighted by Gasteiger charge is -2.18. The summed E-state index contributed by atoms with van der Waals surface area (Å²) in [5, 5.41) is 1.12. The van der Waals surface area contributed by atoms with E-state index in [1.54, 1.807) is 48.5 Å². The van der Waals surface area contributed by atoms with Gasteiger partial charge in [-0.15, -0.1) is 0 Å². The van der Waals surface area contributed by atoms with E-state index in [1.165, 1.54) is 0 Å². The normalized spacial score (nSPS) is 15.1. The SMILES string of the molecule is O=C1/C(=C/c2ccc(-c3cc(Cl)ccc3Cl)o2)COc2ccccc21. The van der Waals surface area contributed by atoms with Gasteiger partial charge in [-0.2, -0.15) is 0 Å². The average Bonchev–Trinajstić information content (AvgIpc) is 3.08. The maximum absolute atomic E-state index is 12.6. The fourth-order valence-corrected chi connectivity index (χ4v) is 3.10. The van der Waals surface area contributed by atoms with E-state index in [2.05, 4.69) is 0 Å². The van der Waals surface area contributed by atoms with Gasteiger partial charge in [0.2, 0.25) is 0 Å². The summed E-state index contributed by atoms with van der Waals surface area (Å²) in [5.41, 5.74) is 1.80. The zero-order chi connectivity index (χ0) is 17.4. The summed E-state index contributed by atoms with van der Waals surface area (Å²) in [7, 11) is 0. The lowest BCUT2D eigenvalue weighted by molar-refractivity contribution is 0.100. The molecule has 0 saturated heterocycles. The molecule has 0 aliphatic carbocycles. The number of para-hydroxylation sites is 1. The van der Waals surface area contributed by atoms with Crippen molar-refractivity contribution in [2.75, 3.05) is 6.61 Å². The van der Waals surface area contributed by atoms with E-state index in [4.69, 9.17) is 32.4 Å². The Hall–Kier alpha value is -2.49. The number of hydrogen-bond acceptors (Lipinski definition) is 3. The van der Waals surface area contributed by atoms with Gasteiger partial charge in [0.25, 0.3) is 0 Å². The van der Waals surface area contributed by atoms with Gasteiger partial charge in [-0.25, -0.2) is 0 Å². The first-order valence-electron chi connectivity index (χ1n) is 7.64.